The molecule has 0 aliphatic heterocycles. The van der Waals surface area contributed by atoms with Crippen molar-refractivity contribution in [1.82, 2.24) is 9.97 Å². The maximum atomic E-state index is 4.66. The molecule has 0 bridgehead atoms. The summed E-state index contributed by atoms with van der Waals surface area (Å²) >= 11 is 1.80. The quantitative estimate of drug-likeness (QED) is 0.885. The van der Waals surface area contributed by atoms with E-state index in [0.717, 1.165) is 30.4 Å². The highest BCUT2D eigenvalue weighted by Crippen LogP contribution is 2.19. The monoisotopic (exact) mass is 290 g/mol. The van der Waals surface area contributed by atoms with Crippen LogP contribution in [0.3, 0.4) is 0 Å². The van der Waals surface area contributed by atoms with E-state index >= 15 is 0 Å². The van der Waals surface area contributed by atoms with Crippen molar-refractivity contribution >= 4 is 23.0 Å². The van der Waals surface area contributed by atoms with Gasteiger partial charge in [0.1, 0.15) is 17.5 Å². The number of rotatable bonds is 6. The molecule has 4 nitrogen and oxygen atoms in total. The largest absolute Gasteiger partial charge is 0.373 e. The molecule has 0 fully saturated rings. The Labute approximate surface area is 124 Å². The van der Waals surface area contributed by atoms with Gasteiger partial charge in [0.25, 0.3) is 0 Å². The van der Waals surface area contributed by atoms with Crippen LogP contribution in [0.1, 0.15) is 30.5 Å². The fraction of sp³-hybridized carbons (Fsp3) is 0.467. The molecule has 0 saturated carbocycles. The lowest BCUT2D eigenvalue weighted by Gasteiger charge is -2.20. The van der Waals surface area contributed by atoms with Gasteiger partial charge in [-0.3, -0.25) is 0 Å². The number of hydrogen-bond donors (Lipinski definition) is 1. The Bertz CT molecular complexity index is 537. The molecule has 0 saturated heterocycles. The molecule has 20 heavy (non-hydrogen) atoms. The molecule has 0 aromatic carbocycles. The van der Waals surface area contributed by atoms with Crippen LogP contribution in [0.25, 0.3) is 0 Å². The Hall–Kier alpha value is -1.62. The summed E-state index contributed by atoms with van der Waals surface area (Å²) in [4.78, 5) is 12.8. The lowest BCUT2D eigenvalue weighted by atomic mass is 10.2. The van der Waals surface area contributed by atoms with Gasteiger partial charge in [-0.1, -0.05) is 19.9 Å². The molecule has 108 valence electrons. The van der Waals surface area contributed by atoms with Gasteiger partial charge in [0.2, 0.25) is 0 Å². The second kappa shape index (κ2) is 6.70. The summed E-state index contributed by atoms with van der Waals surface area (Å²) in [5.74, 6) is 3.06. The fourth-order valence-corrected chi connectivity index (χ4v) is 2.58. The van der Waals surface area contributed by atoms with Crippen LogP contribution in [0.4, 0.5) is 11.6 Å². The molecular weight excluding hydrogens is 268 g/mol. The highest BCUT2D eigenvalue weighted by Gasteiger charge is 2.10. The molecule has 5 heteroatoms. The molecule has 1 N–H and O–H groups in total. The number of hydrogen-bond acceptors (Lipinski definition) is 5. The van der Waals surface area contributed by atoms with Crippen molar-refractivity contribution in [2.75, 3.05) is 30.9 Å². The van der Waals surface area contributed by atoms with Crippen LogP contribution < -0.4 is 10.2 Å². The Morgan fingerprint density at radius 2 is 2.15 bits per heavy atom. The topological polar surface area (TPSA) is 41.0 Å². The maximum absolute atomic E-state index is 4.66. The Balaban J connectivity index is 2.11. The summed E-state index contributed by atoms with van der Waals surface area (Å²) < 4.78 is 0. The van der Waals surface area contributed by atoms with E-state index in [4.69, 9.17) is 0 Å². The van der Waals surface area contributed by atoms with Crippen LogP contribution in [0.5, 0.6) is 0 Å². The van der Waals surface area contributed by atoms with E-state index in [-0.39, 0.29) is 0 Å². The number of likely N-dealkylation sites (N-methyl/N-ethyl adjacent to an activating group) is 1. The van der Waals surface area contributed by atoms with Gasteiger partial charge in [-0.25, -0.2) is 9.97 Å². The maximum Gasteiger partial charge on any atom is 0.135 e. The molecule has 0 aliphatic rings. The normalized spacial score (nSPS) is 10.8. The van der Waals surface area contributed by atoms with Gasteiger partial charge in [-0.05, 0) is 17.9 Å². The van der Waals surface area contributed by atoms with Gasteiger partial charge < -0.3 is 10.2 Å². The van der Waals surface area contributed by atoms with Gasteiger partial charge in [-0.2, -0.15) is 0 Å². The molecule has 2 aromatic rings. The molecule has 2 aromatic heterocycles. The molecule has 0 aliphatic carbocycles. The van der Waals surface area contributed by atoms with Crippen LogP contribution in [-0.2, 0) is 6.42 Å². The van der Waals surface area contributed by atoms with Crippen LogP contribution in [0.2, 0.25) is 0 Å². The van der Waals surface area contributed by atoms with E-state index in [2.05, 4.69) is 58.6 Å². The van der Waals surface area contributed by atoms with Crippen LogP contribution in [0.15, 0.2) is 23.6 Å². The van der Waals surface area contributed by atoms with Crippen molar-refractivity contribution < 1.29 is 0 Å². The van der Waals surface area contributed by atoms with Crippen LogP contribution in [0, 0.1) is 0 Å². The Morgan fingerprint density at radius 3 is 2.75 bits per heavy atom. The van der Waals surface area contributed by atoms with E-state index in [1.165, 1.54) is 4.88 Å². The van der Waals surface area contributed by atoms with E-state index in [1.807, 2.05) is 13.1 Å². The van der Waals surface area contributed by atoms with Gasteiger partial charge >= 0.3 is 0 Å². The number of aromatic nitrogens is 2. The van der Waals surface area contributed by atoms with E-state index < -0.39 is 0 Å². The van der Waals surface area contributed by atoms with E-state index in [0.29, 0.717) is 5.92 Å². The van der Waals surface area contributed by atoms with Crippen molar-refractivity contribution in [3.05, 3.63) is 34.3 Å². The first-order chi connectivity index (χ1) is 9.60. The Kier molecular flexibility index (Phi) is 4.95. The smallest absolute Gasteiger partial charge is 0.135 e. The zero-order chi connectivity index (χ0) is 14.5. The number of nitrogens with zero attached hydrogens (tertiary/aromatic N) is 3. The second-order valence-corrected chi connectivity index (χ2v) is 6.16. The Morgan fingerprint density at radius 1 is 1.35 bits per heavy atom. The standard InChI is InChI=1S/C15H22N4S/c1-11(2)15-17-13(16-3)10-14(18-15)19(4)8-7-12-6-5-9-20-12/h5-6,9-11H,7-8H2,1-4H3,(H,16,17,18). The third kappa shape index (κ3) is 3.70. The second-order valence-electron chi connectivity index (χ2n) is 5.13. The first-order valence-electron chi connectivity index (χ1n) is 6.90. The summed E-state index contributed by atoms with van der Waals surface area (Å²) in [6, 6.07) is 6.28. The van der Waals surface area contributed by atoms with Crippen molar-refractivity contribution in [3.8, 4) is 0 Å². The number of nitrogens with one attached hydrogen (secondary N) is 1. The molecule has 0 unspecified atom stereocenters. The highest BCUT2D eigenvalue weighted by molar-refractivity contribution is 7.09. The molecule has 2 heterocycles. The molecule has 0 radical (unpaired) electrons. The average Bonchev–Trinajstić information content (AvgIpc) is 2.97. The predicted octanol–water partition coefficient (Wildman–Crippen LogP) is 3.38. The van der Waals surface area contributed by atoms with Gasteiger partial charge in [0.15, 0.2) is 0 Å². The molecule has 2 rings (SSSR count). The zero-order valence-corrected chi connectivity index (χ0v) is 13.4. The third-order valence-electron chi connectivity index (χ3n) is 3.17. The van der Waals surface area contributed by atoms with Crippen molar-refractivity contribution in [2.45, 2.75) is 26.2 Å². The van der Waals surface area contributed by atoms with Crippen LogP contribution in [-0.4, -0.2) is 30.6 Å². The minimum absolute atomic E-state index is 0.327. The lowest BCUT2D eigenvalue weighted by Crippen LogP contribution is -2.22. The van der Waals surface area contributed by atoms with Crippen LogP contribution >= 0.6 is 11.3 Å². The van der Waals surface area contributed by atoms with Crippen molar-refractivity contribution in [1.29, 1.82) is 0 Å². The third-order valence-corrected chi connectivity index (χ3v) is 4.10. The first kappa shape index (κ1) is 14.8. The average molecular weight is 290 g/mol. The van der Waals surface area contributed by atoms with Gasteiger partial charge in [0.05, 0.1) is 0 Å². The van der Waals surface area contributed by atoms with Crippen molar-refractivity contribution in [2.24, 2.45) is 0 Å². The van der Waals surface area contributed by atoms with E-state index in [1.54, 1.807) is 11.3 Å². The summed E-state index contributed by atoms with van der Waals surface area (Å²) in [6.07, 6.45) is 1.05. The van der Waals surface area contributed by atoms with Gasteiger partial charge in [0, 0.05) is 37.5 Å². The molecule has 0 atom stereocenters. The molecule has 0 amide bonds. The number of thiophene rings is 1. The summed E-state index contributed by atoms with van der Waals surface area (Å²) in [7, 11) is 3.97. The minimum Gasteiger partial charge on any atom is -0.373 e. The SMILES string of the molecule is CNc1cc(N(C)CCc2cccs2)nc(C(C)C)n1. The zero-order valence-electron chi connectivity index (χ0n) is 12.6. The summed E-state index contributed by atoms with van der Waals surface area (Å²) in [5.41, 5.74) is 0. The molecule has 0 spiro atoms. The molecular formula is C15H22N4S. The lowest BCUT2D eigenvalue weighted by molar-refractivity contribution is 0.762. The summed E-state index contributed by atoms with van der Waals surface area (Å²) in [6.45, 7) is 5.19. The predicted molar refractivity (Wildman–Crippen MR) is 87.0 cm³/mol. The first-order valence-corrected chi connectivity index (χ1v) is 7.78. The fourth-order valence-electron chi connectivity index (χ4n) is 1.88. The van der Waals surface area contributed by atoms with Gasteiger partial charge in [-0.15, -0.1) is 11.3 Å². The minimum atomic E-state index is 0.327. The summed E-state index contributed by atoms with van der Waals surface area (Å²) in [5, 5.41) is 5.23. The highest BCUT2D eigenvalue weighted by atomic mass is 32.1. The van der Waals surface area contributed by atoms with E-state index in [9.17, 15) is 0 Å². The number of anilines is 2. The van der Waals surface area contributed by atoms with Crippen molar-refractivity contribution in [3.63, 3.8) is 0 Å².